The van der Waals surface area contributed by atoms with Gasteiger partial charge in [-0.1, -0.05) is 13.8 Å². The van der Waals surface area contributed by atoms with Gasteiger partial charge in [0, 0.05) is 12.7 Å². The van der Waals surface area contributed by atoms with Crippen molar-refractivity contribution in [1.29, 1.82) is 0 Å². The molecular formula is C8H15N3. The first-order chi connectivity index (χ1) is 5.04. The summed E-state index contributed by atoms with van der Waals surface area (Å²) in [7, 11) is 1.93. The van der Waals surface area contributed by atoms with Crippen molar-refractivity contribution in [3.05, 3.63) is 11.4 Å². The largest absolute Gasteiger partial charge is 0.369 e. The molecule has 0 amide bonds. The van der Waals surface area contributed by atoms with Crippen LogP contribution < -0.4 is 5.73 Å². The predicted molar refractivity (Wildman–Crippen MR) is 46.4 cm³/mol. The average molecular weight is 153 g/mol. The lowest BCUT2D eigenvalue weighted by Crippen LogP contribution is -1.98. The van der Waals surface area contributed by atoms with Gasteiger partial charge < -0.3 is 10.3 Å². The number of nitrogens with zero attached hydrogens (tertiary/aromatic N) is 2. The quantitative estimate of drug-likeness (QED) is 0.663. The van der Waals surface area contributed by atoms with Gasteiger partial charge in [-0.2, -0.15) is 0 Å². The molecule has 3 heteroatoms. The Morgan fingerprint density at radius 2 is 2.00 bits per heavy atom. The summed E-state index contributed by atoms with van der Waals surface area (Å²) in [6.07, 6.45) is 0. The molecule has 0 unspecified atom stereocenters. The van der Waals surface area contributed by atoms with E-state index in [9.17, 15) is 0 Å². The number of aromatic nitrogens is 2. The maximum absolute atomic E-state index is 5.63. The molecule has 0 fully saturated rings. The number of nitrogen functional groups attached to an aromatic ring is 1. The lowest BCUT2D eigenvalue weighted by molar-refractivity contribution is 0.807. The summed E-state index contributed by atoms with van der Waals surface area (Å²) >= 11 is 0. The van der Waals surface area contributed by atoms with Gasteiger partial charge in [0.25, 0.3) is 0 Å². The minimum absolute atomic E-state index is 0.457. The molecule has 0 aliphatic carbocycles. The highest BCUT2D eigenvalue weighted by Crippen LogP contribution is 2.18. The monoisotopic (exact) mass is 153 g/mol. The van der Waals surface area contributed by atoms with Crippen LogP contribution in [-0.2, 0) is 7.05 Å². The molecule has 0 radical (unpaired) electrons. The number of rotatable bonds is 1. The minimum Gasteiger partial charge on any atom is -0.369 e. The van der Waals surface area contributed by atoms with Crippen LogP contribution in [0, 0.1) is 6.92 Å². The summed E-state index contributed by atoms with van der Waals surface area (Å²) in [6, 6.07) is 0. The summed E-state index contributed by atoms with van der Waals surface area (Å²) in [5.74, 6) is 1.06. The molecule has 1 rings (SSSR count). The van der Waals surface area contributed by atoms with Gasteiger partial charge in [-0.15, -0.1) is 0 Å². The van der Waals surface area contributed by atoms with E-state index in [0.717, 1.165) is 11.4 Å². The predicted octanol–water partition coefficient (Wildman–Crippen LogP) is 1.43. The molecule has 1 heterocycles. The molecule has 1 aromatic heterocycles. The third-order valence-corrected chi connectivity index (χ3v) is 2.00. The van der Waals surface area contributed by atoms with E-state index in [-0.39, 0.29) is 0 Å². The first-order valence-corrected chi connectivity index (χ1v) is 3.82. The zero-order chi connectivity index (χ0) is 8.59. The van der Waals surface area contributed by atoms with Crippen molar-refractivity contribution in [3.63, 3.8) is 0 Å². The van der Waals surface area contributed by atoms with Crippen LogP contribution >= 0.6 is 0 Å². The van der Waals surface area contributed by atoms with E-state index in [2.05, 4.69) is 18.8 Å². The molecule has 11 heavy (non-hydrogen) atoms. The molecule has 62 valence electrons. The molecular weight excluding hydrogens is 138 g/mol. The Kier molecular flexibility index (Phi) is 1.89. The Hall–Kier alpha value is -0.990. The lowest BCUT2D eigenvalue weighted by Gasteiger charge is -2.01. The Morgan fingerprint density at radius 1 is 1.45 bits per heavy atom. The van der Waals surface area contributed by atoms with E-state index in [1.807, 2.05) is 18.5 Å². The highest BCUT2D eigenvalue weighted by Gasteiger charge is 2.10. The molecule has 3 nitrogen and oxygen atoms in total. The molecule has 0 saturated heterocycles. The lowest BCUT2D eigenvalue weighted by atomic mass is 10.1. The second-order valence-electron chi connectivity index (χ2n) is 3.15. The smallest absolute Gasteiger partial charge is 0.200 e. The van der Waals surface area contributed by atoms with E-state index < -0.39 is 0 Å². The number of anilines is 1. The van der Waals surface area contributed by atoms with Crippen molar-refractivity contribution < 1.29 is 0 Å². The second-order valence-corrected chi connectivity index (χ2v) is 3.15. The highest BCUT2D eigenvalue weighted by molar-refractivity contribution is 5.29. The molecule has 0 saturated carbocycles. The Balaban J connectivity index is 3.19. The van der Waals surface area contributed by atoms with Gasteiger partial charge in [0.05, 0.1) is 5.69 Å². The Morgan fingerprint density at radius 3 is 2.18 bits per heavy atom. The van der Waals surface area contributed by atoms with Crippen molar-refractivity contribution in [2.75, 3.05) is 5.73 Å². The van der Waals surface area contributed by atoms with Crippen LogP contribution in [0.1, 0.15) is 31.2 Å². The number of imidazole rings is 1. The fraction of sp³-hybridized carbons (Fsp3) is 0.625. The van der Waals surface area contributed by atoms with Crippen LogP contribution in [0.15, 0.2) is 0 Å². The first kappa shape index (κ1) is 8.11. The second kappa shape index (κ2) is 2.57. The van der Waals surface area contributed by atoms with Gasteiger partial charge in [0.1, 0.15) is 0 Å². The van der Waals surface area contributed by atoms with Gasteiger partial charge in [0.15, 0.2) is 5.95 Å². The van der Waals surface area contributed by atoms with Crippen molar-refractivity contribution in [1.82, 2.24) is 9.55 Å². The van der Waals surface area contributed by atoms with Crippen LogP contribution in [0.3, 0.4) is 0 Å². The molecule has 1 aromatic rings. The number of hydrogen-bond acceptors (Lipinski definition) is 2. The zero-order valence-corrected chi connectivity index (χ0v) is 7.55. The molecule has 2 N–H and O–H groups in total. The van der Waals surface area contributed by atoms with Crippen molar-refractivity contribution in [3.8, 4) is 0 Å². The first-order valence-electron chi connectivity index (χ1n) is 3.82. The van der Waals surface area contributed by atoms with E-state index >= 15 is 0 Å². The third kappa shape index (κ3) is 1.23. The van der Waals surface area contributed by atoms with Gasteiger partial charge in [-0.25, -0.2) is 4.98 Å². The van der Waals surface area contributed by atoms with Crippen molar-refractivity contribution in [2.45, 2.75) is 26.7 Å². The summed E-state index contributed by atoms with van der Waals surface area (Å²) in [6.45, 7) is 6.28. The summed E-state index contributed by atoms with van der Waals surface area (Å²) in [5.41, 5.74) is 7.90. The summed E-state index contributed by atoms with van der Waals surface area (Å²) in [5, 5.41) is 0. The molecule has 0 atom stereocenters. The molecule has 0 aliphatic heterocycles. The minimum atomic E-state index is 0.457. The molecule has 0 aliphatic rings. The third-order valence-electron chi connectivity index (χ3n) is 2.00. The highest BCUT2D eigenvalue weighted by atomic mass is 15.1. The van der Waals surface area contributed by atoms with Crippen LogP contribution in [-0.4, -0.2) is 9.55 Å². The average Bonchev–Trinajstić information content (AvgIpc) is 2.17. The van der Waals surface area contributed by atoms with Crippen LogP contribution in [0.2, 0.25) is 0 Å². The summed E-state index contributed by atoms with van der Waals surface area (Å²) in [4.78, 5) is 4.25. The van der Waals surface area contributed by atoms with Crippen LogP contribution in [0.4, 0.5) is 5.95 Å². The Bertz CT molecular complexity index is 261. The maximum Gasteiger partial charge on any atom is 0.200 e. The van der Waals surface area contributed by atoms with Gasteiger partial charge >= 0.3 is 0 Å². The molecule has 0 spiro atoms. The Labute approximate surface area is 67.2 Å². The molecule has 0 bridgehead atoms. The van der Waals surface area contributed by atoms with Gasteiger partial charge in [0.2, 0.25) is 0 Å². The normalized spacial score (nSPS) is 11.0. The zero-order valence-electron chi connectivity index (χ0n) is 7.55. The van der Waals surface area contributed by atoms with E-state index in [1.165, 1.54) is 0 Å². The fourth-order valence-corrected chi connectivity index (χ4v) is 1.17. The summed E-state index contributed by atoms with van der Waals surface area (Å²) < 4.78 is 1.91. The van der Waals surface area contributed by atoms with Gasteiger partial charge in [-0.3, -0.25) is 0 Å². The maximum atomic E-state index is 5.63. The van der Waals surface area contributed by atoms with Gasteiger partial charge in [-0.05, 0) is 12.8 Å². The number of nitrogens with two attached hydrogens (primary N) is 1. The van der Waals surface area contributed by atoms with E-state index in [4.69, 9.17) is 5.73 Å². The standard InChI is InChI=1S/C8H15N3/c1-5(2)7-6(3)11(4)8(9)10-7/h5H,1-4H3,(H2,9,10). The number of hydrogen-bond donors (Lipinski definition) is 1. The topological polar surface area (TPSA) is 43.8 Å². The fourth-order valence-electron chi connectivity index (χ4n) is 1.17. The van der Waals surface area contributed by atoms with E-state index in [1.54, 1.807) is 0 Å². The van der Waals surface area contributed by atoms with Crippen LogP contribution in [0.25, 0.3) is 0 Å². The van der Waals surface area contributed by atoms with Crippen LogP contribution in [0.5, 0.6) is 0 Å². The van der Waals surface area contributed by atoms with Crippen molar-refractivity contribution >= 4 is 5.95 Å². The SMILES string of the molecule is Cc1c(C(C)C)nc(N)n1C. The molecule has 0 aromatic carbocycles. The van der Waals surface area contributed by atoms with Crippen molar-refractivity contribution in [2.24, 2.45) is 7.05 Å². The van der Waals surface area contributed by atoms with E-state index in [0.29, 0.717) is 11.9 Å².